The summed E-state index contributed by atoms with van der Waals surface area (Å²) in [4.78, 5) is 0. The predicted octanol–water partition coefficient (Wildman–Crippen LogP) is 6.08. The average Bonchev–Trinajstić information content (AvgIpc) is 3.25. The van der Waals surface area contributed by atoms with E-state index in [0.29, 0.717) is 35.3 Å². The van der Waals surface area contributed by atoms with Gasteiger partial charge in [0.2, 0.25) is 0 Å². The van der Waals surface area contributed by atoms with Gasteiger partial charge in [0.1, 0.15) is 12.3 Å². The minimum Gasteiger partial charge on any atom is -0.504 e. The molecule has 0 aliphatic carbocycles. The molecule has 6 heteroatoms. The van der Waals surface area contributed by atoms with Gasteiger partial charge in [-0.2, -0.15) is 0 Å². The zero-order valence-electron chi connectivity index (χ0n) is 18.7. The van der Waals surface area contributed by atoms with Crippen molar-refractivity contribution in [1.82, 2.24) is 5.16 Å². The number of phenols is 1. The Balaban J connectivity index is 1.67. The summed E-state index contributed by atoms with van der Waals surface area (Å²) in [5.41, 5.74) is 3.71. The maximum absolute atomic E-state index is 9.68. The van der Waals surface area contributed by atoms with Crippen molar-refractivity contribution in [3.8, 4) is 23.0 Å². The molecule has 0 unspecified atom stereocenters. The lowest BCUT2D eigenvalue weighted by atomic mass is 10.1. The van der Waals surface area contributed by atoms with Crippen LogP contribution >= 0.6 is 0 Å². The third-order valence-electron chi connectivity index (χ3n) is 4.56. The van der Waals surface area contributed by atoms with E-state index in [0.717, 1.165) is 11.1 Å². The first-order valence-corrected chi connectivity index (χ1v) is 10.1. The monoisotopic (exact) mass is 433 g/mol. The van der Waals surface area contributed by atoms with Gasteiger partial charge in [-0.3, -0.25) is 0 Å². The molecule has 3 aromatic rings. The zero-order valence-corrected chi connectivity index (χ0v) is 18.7. The summed E-state index contributed by atoms with van der Waals surface area (Å²) < 4.78 is 21.7. The van der Waals surface area contributed by atoms with Gasteiger partial charge >= 0.3 is 0 Å². The summed E-state index contributed by atoms with van der Waals surface area (Å²) in [5, 5.41) is 13.7. The number of benzene rings is 2. The molecule has 0 fully saturated rings. The van der Waals surface area contributed by atoms with Crippen molar-refractivity contribution >= 4 is 24.3 Å². The van der Waals surface area contributed by atoms with Crippen LogP contribution in [0.15, 0.2) is 58.6 Å². The van der Waals surface area contributed by atoms with Gasteiger partial charge in [0.15, 0.2) is 28.8 Å². The summed E-state index contributed by atoms with van der Waals surface area (Å²) in [7, 11) is 3.13. The molecule has 3 rings (SSSR count). The van der Waals surface area contributed by atoms with Gasteiger partial charge in [-0.05, 0) is 67.5 Å². The molecule has 1 N–H and O–H groups in total. The summed E-state index contributed by atoms with van der Waals surface area (Å²) in [6.45, 7) is 4.56. The Morgan fingerprint density at radius 2 is 1.56 bits per heavy atom. The second-order valence-corrected chi connectivity index (χ2v) is 7.25. The first-order valence-electron chi connectivity index (χ1n) is 10.1. The molecule has 0 bridgehead atoms. The normalized spacial score (nSPS) is 11.1. The maximum atomic E-state index is 9.68. The highest BCUT2D eigenvalue weighted by Gasteiger charge is 2.05. The van der Waals surface area contributed by atoms with Crippen LogP contribution in [0.3, 0.4) is 0 Å². The molecule has 0 amide bonds. The fraction of sp³-hybridized carbons (Fsp3) is 0.192. The van der Waals surface area contributed by atoms with Crippen molar-refractivity contribution in [1.29, 1.82) is 0 Å². The van der Waals surface area contributed by atoms with Crippen molar-refractivity contribution in [3.05, 3.63) is 76.7 Å². The van der Waals surface area contributed by atoms with Gasteiger partial charge in [-0.25, -0.2) is 0 Å². The van der Waals surface area contributed by atoms with Crippen LogP contribution in [-0.2, 0) is 0 Å². The van der Waals surface area contributed by atoms with Crippen molar-refractivity contribution in [2.24, 2.45) is 0 Å². The van der Waals surface area contributed by atoms with E-state index in [1.807, 2.05) is 62.4 Å². The summed E-state index contributed by atoms with van der Waals surface area (Å²) in [6.07, 6.45) is 9.47. The molecule has 0 spiro atoms. The van der Waals surface area contributed by atoms with Gasteiger partial charge in [0, 0.05) is 6.07 Å². The third kappa shape index (κ3) is 6.28. The number of aromatic nitrogens is 1. The standard InChI is InChI=1S/C26H27NO5/c1-18(2)13-14-31-24-12-8-19(16-26(24)30-4)5-9-21-17-22(32-27-21)10-6-20-7-11-23(28)25(15-20)29-3/h5-13,15-17,28H,14H2,1-4H3/b9-5+,10-6+. The minimum atomic E-state index is 0.0980. The molecule has 1 heterocycles. The zero-order chi connectivity index (χ0) is 22.9. The third-order valence-corrected chi connectivity index (χ3v) is 4.56. The van der Waals surface area contributed by atoms with Gasteiger partial charge in [0.25, 0.3) is 0 Å². The summed E-state index contributed by atoms with van der Waals surface area (Å²) in [6, 6.07) is 12.7. The molecule has 0 atom stereocenters. The van der Waals surface area contributed by atoms with Gasteiger partial charge in [0.05, 0.1) is 14.2 Å². The Morgan fingerprint density at radius 1 is 0.875 bits per heavy atom. The van der Waals surface area contributed by atoms with Crippen molar-refractivity contribution in [3.63, 3.8) is 0 Å². The Kier molecular flexibility index (Phi) is 7.75. The number of nitrogens with zero attached hydrogens (tertiary/aromatic N) is 1. The molecule has 166 valence electrons. The number of allylic oxidation sites excluding steroid dienone is 1. The van der Waals surface area contributed by atoms with Crippen LogP contribution in [0.25, 0.3) is 24.3 Å². The lowest BCUT2D eigenvalue weighted by Gasteiger charge is -2.10. The van der Waals surface area contributed by atoms with E-state index in [4.69, 9.17) is 18.7 Å². The van der Waals surface area contributed by atoms with Gasteiger partial charge < -0.3 is 23.8 Å². The molecule has 32 heavy (non-hydrogen) atoms. The first-order chi connectivity index (χ1) is 15.5. The van der Waals surface area contributed by atoms with Crippen LogP contribution in [0.1, 0.15) is 36.4 Å². The van der Waals surface area contributed by atoms with Crippen LogP contribution in [0.2, 0.25) is 0 Å². The van der Waals surface area contributed by atoms with E-state index >= 15 is 0 Å². The molecule has 0 saturated heterocycles. The van der Waals surface area contributed by atoms with E-state index in [1.165, 1.54) is 12.7 Å². The number of ether oxygens (including phenoxy) is 3. The van der Waals surface area contributed by atoms with E-state index < -0.39 is 0 Å². The molecule has 0 saturated carbocycles. The SMILES string of the molecule is COc1cc(/C=C/c2cc(/C=C/c3ccc(OCC=C(C)C)c(OC)c3)no2)ccc1O. The lowest BCUT2D eigenvalue weighted by molar-refractivity contribution is 0.325. The van der Waals surface area contributed by atoms with E-state index in [9.17, 15) is 5.11 Å². The Hall–Kier alpha value is -3.93. The first kappa shape index (κ1) is 22.7. The number of hydrogen-bond acceptors (Lipinski definition) is 6. The molecule has 1 aromatic heterocycles. The second-order valence-electron chi connectivity index (χ2n) is 7.25. The molecule has 0 radical (unpaired) electrons. The fourth-order valence-electron chi connectivity index (χ4n) is 2.82. The summed E-state index contributed by atoms with van der Waals surface area (Å²) in [5.74, 6) is 2.49. The van der Waals surface area contributed by atoms with Crippen LogP contribution in [0.4, 0.5) is 0 Å². The van der Waals surface area contributed by atoms with E-state index in [-0.39, 0.29) is 5.75 Å². The number of aromatic hydroxyl groups is 1. The molecule has 0 aliphatic rings. The Bertz CT molecular complexity index is 1140. The molecule has 6 nitrogen and oxygen atoms in total. The Morgan fingerprint density at radius 3 is 2.28 bits per heavy atom. The van der Waals surface area contributed by atoms with E-state index in [1.54, 1.807) is 31.4 Å². The average molecular weight is 434 g/mol. The maximum Gasteiger partial charge on any atom is 0.161 e. The molecule has 2 aromatic carbocycles. The highest BCUT2D eigenvalue weighted by molar-refractivity contribution is 5.72. The van der Waals surface area contributed by atoms with Crippen LogP contribution < -0.4 is 14.2 Å². The Labute approximate surface area is 188 Å². The number of rotatable bonds is 9. The van der Waals surface area contributed by atoms with Crippen molar-refractivity contribution in [2.45, 2.75) is 13.8 Å². The van der Waals surface area contributed by atoms with Gasteiger partial charge in [-0.1, -0.05) is 35.0 Å². The minimum absolute atomic E-state index is 0.0980. The quantitative estimate of drug-likeness (QED) is 0.412. The fourth-order valence-corrected chi connectivity index (χ4v) is 2.82. The lowest BCUT2D eigenvalue weighted by Crippen LogP contribution is -1.97. The van der Waals surface area contributed by atoms with Crippen molar-refractivity contribution in [2.75, 3.05) is 20.8 Å². The highest BCUT2D eigenvalue weighted by atomic mass is 16.5. The number of phenolic OH excluding ortho intramolecular Hbond substituents is 1. The van der Waals surface area contributed by atoms with Crippen LogP contribution in [-0.4, -0.2) is 31.1 Å². The van der Waals surface area contributed by atoms with Crippen LogP contribution in [0, 0.1) is 0 Å². The van der Waals surface area contributed by atoms with E-state index in [2.05, 4.69) is 5.16 Å². The topological polar surface area (TPSA) is 74.0 Å². The molecular weight excluding hydrogens is 406 g/mol. The number of hydrogen-bond donors (Lipinski definition) is 1. The van der Waals surface area contributed by atoms with Gasteiger partial charge in [-0.15, -0.1) is 0 Å². The second kappa shape index (κ2) is 10.9. The van der Waals surface area contributed by atoms with Crippen LogP contribution in [0.5, 0.6) is 23.0 Å². The van der Waals surface area contributed by atoms with Crippen molar-refractivity contribution < 1.29 is 23.8 Å². The molecule has 0 aliphatic heterocycles. The highest BCUT2D eigenvalue weighted by Crippen LogP contribution is 2.29. The number of methoxy groups -OCH3 is 2. The smallest absolute Gasteiger partial charge is 0.161 e. The largest absolute Gasteiger partial charge is 0.504 e. The predicted molar refractivity (Wildman–Crippen MR) is 127 cm³/mol. The molecular formula is C26H27NO5. The summed E-state index contributed by atoms with van der Waals surface area (Å²) >= 11 is 0.